The summed E-state index contributed by atoms with van der Waals surface area (Å²) >= 11 is 0. The van der Waals surface area contributed by atoms with Crippen molar-refractivity contribution in [3.05, 3.63) is 18.5 Å². The Balaban J connectivity index is 1.57. The van der Waals surface area contributed by atoms with Gasteiger partial charge in [0, 0.05) is 25.0 Å². The molecule has 1 saturated carbocycles. The number of nitrogens with one attached hydrogen (secondary N) is 1. The predicted molar refractivity (Wildman–Crippen MR) is 67.2 cm³/mol. The van der Waals surface area contributed by atoms with E-state index >= 15 is 0 Å². The lowest BCUT2D eigenvalue weighted by Gasteiger charge is -2.33. The Hall–Kier alpha value is -0.910. The molecule has 1 N–H and O–H groups in total. The van der Waals surface area contributed by atoms with Crippen LogP contribution in [0.1, 0.15) is 31.7 Å². The van der Waals surface area contributed by atoms with Gasteiger partial charge in [0.25, 0.3) is 0 Å². The molecule has 18 heavy (non-hydrogen) atoms. The SMILES string of the molecule is c1cnn([C@H]2CCCC[C@H]2NCC2OCCO2)c1. The first-order valence-corrected chi connectivity index (χ1v) is 6.89. The van der Waals surface area contributed by atoms with Crippen molar-refractivity contribution in [3.8, 4) is 0 Å². The van der Waals surface area contributed by atoms with E-state index in [9.17, 15) is 0 Å². The van der Waals surface area contributed by atoms with Crippen LogP contribution in [0, 0.1) is 0 Å². The summed E-state index contributed by atoms with van der Waals surface area (Å²) in [6.45, 7) is 2.22. The van der Waals surface area contributed by atoms with Crippen molar-refractivity contribution >= 4 is 0 Å². The first kappa shape index (κ1) is 12.1. The molecule has 2 heterocycles. The van der Waals surface area contributed by atoms with Crippen molar-refractivity contribution in [2.45, 2.75) is 44.1 Å². The molecule has 0 aromatic carbocycles. The smallest absolute Gasteiger partial charge is 0.170 e. The van der Waals surface area contributed by atoms with Crippen molar-refractivity contribution < 1.29 is 9.47 Å². The van der Waals surface area contributed by atoms with Crippen LogP contribution in [0.2, 0.25) is 0 Å². The Bertz CT molecular complexity index is 349. The highest BCUT2D eigenvalue weighted by molar-refractivity contribution is 4.89. The van der Waals surface area contributed by atoms with Gasteiger partial charge in [0.2, 0.25) is 0 Å². The van der Waals surface area contributed by atoms with Crippen molar-refractivity contribution in [1.82, 2.24) is 15.1 Å². The fourth-order valence-electron chi connectivity index (χ4n) is 2.92. The molecule has 0 spiro atoms. The molecule has 0 bridgehead atoms. The maximum absolute atomic E-state index is 5.46. The molecule has 2 atom stereocenters. The largest absolute Gasteiger partial charge is 0.349 e. The van der Waals surface area contributed by atoms with Crippen LogP contribution in [0.3, 0.4) is 0 Å². The fraction of sp³-hybridized carbons (Fsp3) is 0.769. The highest BCUT2D eigenvalue weighted by Gasteiger charge is 2.27. The van der Waals surface area contributed by atoms with Crippen LogP contribution in [0.4, 0.5) is 0 Å². The number of hydrogen-bond donors (Lipinski definition) is 1. The minimum Gasteiger partial charge on any atom is -0.349 e. The molecular weight excluding hydrogens is 230 g/mol. The zero-order valence-electron chi connectivity index (χ0n) is 10.6. The first-order chi connectivity index (χ1) is 8.93. The highest BCUT2D eigenvalue weighted by atomic mass is 16.7. The topological polar surface area (TPSA) is 48.3 Å². The Labute approximate surface area is 107 Å². The van der Waals surface area contributed by atoms with Crippen molar-refractivity contribution in [3.63, 3.8) is 0 Å². The number of ether oxygens (including phenoxy) is 2. The lowest BCUT2D eigenvalue weighted by atomic mass is 9.90. The molecule has 1 aromatic rings. The van der Waals surface area contributed by atoms with Crippen LogP contribution >= 0.6 is 0 Å². The average Bonchev–Trinajstić information content (AvgIpc) is 3.10. The monoisotopic (exact) mass is 251 g/mol. The Kier molecular flexibility index (Phi) is 3.93. The first-order valence-electron chi connectivity index (χ1n) is 6.89. The third-order valence-corrected chi connectivity index (χ3v) is 3.83. The van der Waals surface area contributed by atoms with E-state index in [1.165, 1.54) is 25.7 Å². The van der Waals surface area contributed by atoms with Gasteiger partial charge in [0.1, 0.15) is 0 Å². The van der Waals surface area contributed by atoms with E-state index in [2.05, 4.69) is 21.3 Å². The summed E-state index contributed by atoms with van der Waals surface area (Å²) in [5.74, 6) is 0. The van der Waals surface area contributed by atoms with E-state index in [1.807, 2.05) is 12.3 Å². The van der Waals surface area contributed by atoms with Crippen LogP contribution < -0.4 is 5.32 Å². The number of aromatic nitrogens is 2. The Morgan fingerprint density at radius 3 is 2.83 bits per heavy atom. The van der Waals surface area contributed by atoms with E-state index in [1.54, 1.807) is 0 Å². The number of rotatable bonds is 4. The lowest BCUT2D eigenvalue weighted by Crippen LogP contribution is -2.43. The zero-order chi connectivity index (χ0) is 12.2. The van der Waals surface area contributed by atoms with Gasteiger partial charge < -0.3 is 14.8 Å². The minimum absolute atomic E-state index is 0.0646. The summed E-state index contributed by atoms with van der Waals surface area (Å²) in [6.07, 6.45) is 8.84. The Morgan fingerprint density at radius 2 is 2.06 bits per heavy atom. The maximum atomic E-state index is 5.46. The minimum atomic E-state index is -0.0646. The van der Waals surface area contributed by atoms with Gasteiger partial charge in [0.15, 0.2) is 6.29 Å². The molecule has 2 aliphatic rings. The second-order valence-electron chi connectivity index (χ2n) is 5.02. The van der Waals surface area contributed by atoms with Gasteiger partial charge in [-0.1, -0.05) is 12.8 Å². The van der Waals surface area contributed by atoms with Gasteiger partial charge in [0.05, 0.1) is 19.3 Å². The van der Waals surface area contributed by atoms with Gasteiger partial charge in [-0.15, -0.1) is 0 Å². The van der Waals surface area contributed by atoms with E-state index in [-0.39, 0.29) is 6.29 Å². The van der Waals surface area contributed by atoms with E-state index in [0.717, 1.165) is 19.8 Å². The van der Waals surface area contributed by atoms with E-state index in [4.69, 9.17) is 9.47 Å². The molecule has 1 saturated heterocycles. The van der Waals surface area contributed by atoms with Crippen molar-refractivity contribution in [2.24, 2.45) is 0 Å². The summed E-state index contributed by atoms with van der Waals surface area (Å²) in [5.41, 5.74) is 0. The summed E-state index contributed by atoms with van der Waals surface area (Å²) in [6, 6.07) is 2.94. The van der Waals surface area contributed by atoms with Crippen LogP contribution in [0.25, 0.3) is 0 Å². The molecule has 0 unspecified atom stereocenters. The standard InChI is InChI=1S/C13H21N3O2/c1-2-5-12(16-7-3-6-15-16)11(4-1)14-10-13-17-8-9-18-13/h3,6-7,11-14H,1-2,4-5,8-10H2/t11-,12+/m1/s1. The maximum Gasteiger partial charge on any atom is 0.170 e. The number of hydrogen-bond acceptors (Lipinski definition) is 4. The number of nitrogens with zero attached hydrogens (tertiary/aromatic N) is 2. The van der Waals surface area contributed by atoms with E-state index < -0.39 is 0 Å². The second kappa shape index (κ2) is 5.82. The van der Waals surface area contributed by atoms with Gasteiger partial charge >= 0.3 is 0 Å². The third kappa shape index (κ3) is 2.74. The van der Waals surface area contributed by atoms with Crippen LogP contribution in [-0.4, -0.2) is 41.9 Å². The van der Waals surface area contributed by atoms with Crippen LogP contribution in [0.5, 0.6) is 0 Å². The fourth-order valence-corrected chi connectivity index (χ4v) is 2.92. The molecule has 5 nitrogen and oxygen atoms in total. The molecule has 5 heteroatoms. The second-order valence-corrected chi connectivity index (χ2v) is 5.02. The van der Waals surface area contributed by atoms with Crippen LogP contribution in [0.15, 0.2) is 18.5 Å². The normalized spacial score (nSPS) is 29.8. The molecular formula is C13H21N3O2. The quantitative estimate of drug-likeness (QED) is 0.877. The highest BCUT2D eigenvalue weighted by Crippen LogP contribution is 2.28. The third-order valence-electron chi connectivity index (χ3n) is 3.83. The van der Waals surface area contributed by atoms with Crippen molar-refractivity contribution in [1.29, 1.82) is 0 Å². The molecule has 0 amide bonds. The average molecular weight is 251 g/mol. The summed E-state index contributed by atoms with van der Waals surface area (Å²) < 4.78 is 13.0. The molecule has 100 valence electrons. The zero-order valence-corrected chi connectivity index (χ0v) is 10.6. The van der Waals surface area contributed by atoms with Gasteiger partial charge in [-0.2, -0.15) is 5.10 Å². The summed E-state index contributed by atoms with van der Waals surface area (Å²) in [4.78, 5) is 0. The molecule has 2 fully saturated rings. The lowest BCUT2D eigenvalue weighted by molar-refractivity contribution is -0.0423. The van der Waals surface area contributed by atoms with Gasteiger partial charge in [-0.05, 0) is 18.9 Å². The summed E-state index contributed by atoms with van der Waals surface area (Å²) in [7, 11) is 0. The molecule has 3 rings (SSSR count). The van der Waals surface area contributed by atoms with Gasteiger partial charge in [-0.3, -0.25) is 4.68 Å². The Morgan fingerprint density at radius 1 is 1.22 bits per heavy atom. The molecule has 1 aliphatic heterocycles. The molecule has 0 radical (unpaired) electrons. The van der Waals surface area contributed by atoms with Crippen LogP contribution in [-0.2, 0) is 9.47 Å². The summed E-state index contributed by atoms with van der Waals surface area (Å²) in [5, 5.41) is 7.98. The predicted octanol–water partition coefficient (Wildman–Crippen LogP) is 1.33. The van der Waals surface area contributed by atoms with Gasteiger partial charge in [-0.25, -0.2) is 0 Å². The molecule has 1 aromatic heterocycles. The van der Waals surface area contributed by atoms with E-state index in [0.29, 0.717) is 12.1 Å². The molecule has 1 aliphatic carbocycles. The van der Waals surface area contributed by atoms with Crippen molar-refractivity contribution in [2.75, 3.05) is 19.8 Å².